The molecule has 0 saturated carbocycles. The van der Waals surface area contributed by atoms with Crippen LogP contribution in [-0.4, -0.2) is 59.0 Å². The predicted octanol–water partition coefficient (Wildman–Crippen LogP) is 4.20. The van der Waals surface area contributed by atoms with E-state index in [-0.39, 0.29) is 37.9 Å². The van der Waals surface area contributed by atoms with Gasteiger partial charge in [0.15, 0.2) is 0 Å². The number of hydrogen-bond donors (Lipinski definition) is 3. The molecule has 10 heteroatoms. The minimum Gasteiger partial charge on any atom is -0.496 e. The maximum absolute atomic E-state index is 14.1. The number of aromatic nitrogens is 2. The monoisotopic (exact) mass is 583 g/mol. The number of amides is 3. The number of ether oxygens (including phenoxy) is 2. The fourth-order valence-corrected chi connectivity index (χ4v) is 4.59. The van der Waals surface area contributed by atoms with Crippen molar-refractivity contribution in [3.63, 3.8) is 0 Å². The summed E-state index contributed by atoms with van der Waals surface area (Å²) in [5.41, 5.74) is 3.27. The average Bonchev–Trinajstić information content (AvgIpc) is 3.56. The van der Waals surface area contributed by atoms with Gasteiger partial charge in [-0.3, -0.25) is 9.59 Å². The molecule has 2 unspecified atom stereocenters. The zero-order valence-corrected chi connectivity index (χ0v) is 24.4. The van der Waals surface area contributed by atoms with E-state index in [1.807, 2.05) is 85.8 Å². The zero-order chi connectivity index (χ0) is 30.4. The van der Waals surface area contributed by atoms with Crippen LogP contribution in [0.1, 0.15) is 35.2 Å². The standard InChI is InChI=1S/C33H37N5O5/c1-24(26-13-7-4-8-14-26)18-35-31(39)21-38(20-27-15-9-10-16-30(27)42-2)32(40)29(17-28-19-34-23-36-28)37-33(41)43-22-25-11-5-3-6-12-25/h3-16,19,23-24,29H,17-18,20-22H2,1-2H3,(H,34,36)(H,35,39)(H,37,41). The number of alkyl carbamates (subject to hydrolysis) is 1. The third-order valence-corrected chi connectivity index (χ3v) is 6.96. The van der Waals surface area contributed by atoms with Crippen LogP contribution in [0.3, 0.4) is 0 Å². The Bertz CT molecular complexity index is 1450. The van der Waals surface area contributed by atoms with Crippen LogP contribution in [0.25, 0.3) is 0 Å². The van der Waals surface area contributed by atoms with E-state index in [2.05, 4.69) is 20.6 Å². The number of rotatable bonds is 14. The summed E-state index contributed by atoms with van der Waals surface area (Å²) in [6.07, 6.45) is 2.45. The molecule has 0 radical (unpaired) electrons. The molecule has 0 fully saturated rings. The second-order valence-electron chi connectivity index (χ2n) is 10.2. The van der Waals surface area contributed by atoms with Crippen molar-refractivity contribution in [1.82, 2.24) is 25.5 Å². The van der Waals surface area contributed by atoms with Gasteiger partial charge in [0, 0.05) is 37.0 Å². The first kappa shape index (κ1) is 30.8. The molecule has 1 heterocycles. The van der Waals surface area contributed by atoms with Gasteiger partial charge < -0.3 is 30.0 Å². The van der Waals surface area contributed by atoms with Gasteiger partial charge >= 0.3 is 6.09 Å². The van der Waals surface area contributed by atoms with Crippen LogP contribution in [0.4, 0.5) is 4.79 Å². The predicted molar refractivity (Wildman–Crippen MR) is 162 cm³/mol. The fourth-order valence-electron chi connectivity index (χ4n) is 4.59. The highest BCUT2D eigenvalue weighted by molar-refractivity contribution is 5.89. The van der Waals surface area contributed by atoms with E-state index in [0.29, 0.717) is 18.0 Å². The number of carbonyl (C=O) groups excluding carboxylic acids is 3. The molecule has 10 nitrogen and oxygen atoms in total. The van der Waals surface area contributed by atoms with Gasteiger partial charge in [-0.1, -0.05) is 85.8 Å². The van der Waals surface area contributed by atoms with Gasteiger partial charge in [0.1, 0.15) is 18.4 Å². The van der Waals surface area contributed by atoms with Gasteiger partial charge in [-0.05, 0) is 23.1 Å². The van der Waals surface area contributed by atoms with Crippen LogP contribution in [0.2, 0.25) is 0 Å². The van der Waals surface area contributed by atoms with Crippen LogP contribution in [0.15, 0.2) is 97.5 Å². The van der Waals surface area contributed by atoms with Crippen molar-refractivity contribution in [2.75, 3.05) is 20.2 Å². The summed E-state index contributed by atoms with van der Waals surface area (Å²) in [6.45, 7) is 2.34. The van der Waals surface area contributed by atoms with Gasteiger partial charge in [-0.2, -0.15) is 0 Å². The second-order valence-corrected chi connectivity index (χ2v) is 10.2. The molecule has 4 aromatic rings. The molecule has 3 aromatic carbocycles. The molecule has 2 atom stereocenters. The summed E-state index contributed by atoms with van der Waals surface area (Å²) in [5.74, 6) is -0.113. The number of methoxy groups -OCH3 is 1. The highest BCUT2D eigenvalue weighted by Crippen LogP contribution is 2.20. The Hall–Kier alpha value is -5.12. The first-order chi connectivity index (χ1) is 20.9. The summed E-state index contributed by atoms with van der Waals surface area (Å²) in [4.78, 5) is 48.5. The van der Waals surface area contributed by atoms with Gasteiger partial charge in [-0.25, -0.2) is 9.78 Å². The zero-order valence-electron chi connectivity index (χ0n) is 24.4. The van der Waals surface area contributed by atoms with E-state index in [1.54, 1.807) is 19.4 Å². The van der Waals surface area contributed by atoms with Crippen LogP contribution in [-0.2, 0) is 33.9 Å². The van der Waals surface area contributed by atoms with E-state index < -0.39 is 18.0 Å². The maximum Gasteiger partial charge on any atom is 0.408 e. The Morgan fingerprint density at radius 1 is 0.953 bits per heavy atom. The van der Waals surface area contributed by atoms with Crippen LogP contribution < -0.4 is 15.4 Å². The molecule has 0 spiro atoms. The molecule has 3 N–H and O–H groups in total. The third kappa shape index (κ3) is 9.46. The minimum atomic E-state index is -1.03. The molecule has 0 saturated heterocycles. The number of hydrogen-bond acceptors (Lipinski definition) is 6. The lowest BCUT2D eigenvalue weighted by Crippen LogP contribution is -2.52. The fraction of sp³-hybridized carbons (Fsp3) is 0.273. The van der Waals surface area contributed by atoms with E-state index in [0.717, 1.165) is 16.7 Å². The largest absolute Gasteiger partial charge is 0.496 e. The first-order valence-corrected chi connectivity index (χ1v) is 14.1. The van der Waals surface area contributed by atoms with Crippen molar-refractivity contribution in [3.05, 3.63) is 120 Å². The van der Waals surface area contributed by atoms with Gasteiger partial charge in [0.2, 0.25) is 11.8 Å². The van der Waals surface area contributed by atoms with Crippen LogP contribution in [0, 0.1) is 0 Å². The molecule has 224 valence electrons. The van der Waals surface area contributed by atoms with Crippen molar-refractivity contribution in [1.29, 1.82) is 0 Å². The Morgan fingerprint density at radius 2 is 1.65 bits per heavy atom. The number of carbonyl (C=O) groups is 3. The number of nitrogens with one attached hydrogen (secondary N) is 3. The number of benzene rings is 3. The van der Waals surface area contributed by atoms with Gasteiger partial charge in [0.25, 0.3) is 0 Å². The van der Waals surface area contributed by atoms with Gasteiger partial charge in [0.05, 0.1) is 20.0 Å². The third-order valence-electron chi connectivity index (χ3n) is 6.96. The minimum absolute atomic E-state index is 0.0462. The summed E-state index contributed by atoms with van der Waals surface area (Å²) < 4.78 is 10.9. The normalized spacial score (nSPS) is 12.0. The topological polar surface area (TPSA) is 126 Å². The lowest BCUT2D eigenvalue weighted by atomic mass is 10.0. The molecule has 0 aliphatic heterocycles. The number of para-hydroxylation sites is 1. The van der Waals surface area contributed by atoms with Crippen molar-refractivity contribution < 1.29 is 23.9 Å². The van der Waals surface area contributed by atoms with Crippen molar-refractivity contribution in [3.8, 4) is 5.75 Å². The molecule has 0 aliphatic carbocycles. The molecule has 4 rings (SSSR count). The SMILES string of the molecule is COc1ccccc1CN(CC(=O)NCC(C)c1ccccc1)C(=O)C(Cc1cnc[nH]1)NC(=O)OCc1ccccc1. The lowest BCUT2D eigenvalue weighted by Gasteiger charge is -2.28. The Morgan fingerprint density at radius 3 is 2.35 bits per heavy atom. The Balaban J connectivity index is 1.51. The van der Waals surface area contributed by atoms with E-state index >= 15 is 0 Å². The lowest BCUT2D eigenvalue weighted by molar-refractivity contribution is -0.138. The van der Waals surface area contributed by atoms with Crippen molar-refractivity contribution in [2.45, 2.75) is 38.5 Å². The molecule has 43 heavy (non-hydrogen) atoms. The molecule has 1 aromatic heterocycles. The molecular formula is C33H37N5O5. The Kier molecular flexibility index (Phi) is 11.3. The van der Waals surface area contributed by atoms with Gasteiger partial charge in [-0.15, -0.1) is 0 Å². The van der Waals surface area contributed by atoms with Crippen LogP contribution >= 0.6 is 0 Å². The van der Waals surface area contributed by atoms with Crippen LogP contribution in [0.5, 0.6) is 5.75 Å². The average molecular weight is 584 g/mol. The number of imidazole rings is 1. The molecular weight excluding hydrogens is 546 g/mol. The van der Waals surface area contributed by atoms with Crippen molar-refractivity contribution >= 4 is 17.9 Å². The number of aromatic amines is 1. The Labute approximate surface area is 251 Å². The smallest absolute Gasteiger partial charge is 0.408 e. The van der Waals surface area contributed by atoms with E-state index in [4.69, 9.17) is 9.47 Å². The summed E-state index contributed by atoms with van der Waals surface area (Å²) >= 11 is 0. The molecule has 0 aliphatic rings. The van der Waals surface area contributed by atoms with Crippen molar-refractivity contribution in [2.24, 2.45) is 0 Å². The maximum atomic E-state index is 14.1. The highest BCUT2D eigenvalue weighted by atomic mass is 16.5. The number of nitrogens with zero attached hydrogens (tertiary/aromatic N) is 2. The summed E-state index contributed by atoms with van der Waals surface area (Å²) in [6, 6.07) is 25.4. The number of H-pyrrole nitrogens is 1. The first-order valence-electron chi connectivity index (χ1n) is 14.1. The molecule has 0 bridgehead atoms. The summed E-state index contributed by atoms with van der Waals surface area (Å²) in [5, 5.41) is 5.65. The van der Waals surface area contributed by atoms with E-state index in [9.17, 15) is 14.4 Å². The second kappa shape index (κ2) is 15.8. The summed E-state index contributed by atoms with van der Waals surface area (Å²) in [7, 11) is 1.55. The molecule has 3 amide bonds. The highest BCUT2D eigenvalue weighted by Gasteiger charge is 2.29. The quantitative estimate of drug-likeness (QED) is 0.204. The van der Waals surface area contributed by atoms with E-state index in [1.165, 1.54) is 11.2 Å².